The lowest BCUT2D eigenvalue weighted by atomic mass is 10.1. The van der Waals surface area contributed by atoms with Gasteiger partial charge in [0.1, 0.15) is 0 Å². The lowest BCUT2D eigenvalue weighted by Crippen LogP contribution is -2.34. The molecule has 0 saturated carbocycles. The van der Waals surface area contributed by atoms with Gasteiger partial charge in [-0.2, -0.15) is 0 Å². The summed E-state index contributed by atoms with van der Waals surface area (Å²) in [4.78, 5) is 13.7. The standard InChI is InChI=1S/C15H25N3O/c1-5-16-12(4)13-9-8-10-14(11-13)17-15(19)18(6-2)7-3/h8-12,16H,5-7H2,1-4H3,(H,17,19). The molecule has 4 nitrogen and oxygen atoms in total. The van der Waals surface area contributed by atoms with Crippen LogP contribution in [0.25, 0.3) is 0 Å². The number of nitrogens with one attached hydrogen (secondary N) is 2. The number of hydrogen-bond donors (Lipinski definition) is 2. The maximum absolute atomic E-state index is 12.0. The number of rotatable bonds is 6. The molecular formula is C15H25N3O. The number of carbonyl (C=O) groups is 1. The highest BCUT2D eigenvalue weighted by Gasteiger charge is 2.10. The largest absolute Gasteiger partial charge is 0.325 e. The minimum Gasteiger partial charge on any atom is -0.325 e. The van der Waals surface area contributed by atoms with Gasteiger partial charge in [0.05, 0.1) is 0 Å². The third kappa shape index (κ3) is 4.56. The van der Waals surface area contributed by atoms with Crippen molar-refractivity contribution < 1.29 is 4.79 Å². The second kappa shape index (κ2) is 7.79. The van der Waals surface area contributed by atoms with E-state index in [1.807, 2.05) is 32.0 Å². The maximum atomic E-state index is 12.0. The van der Waals surface area contributed by atoms with Gasteiger partial charge in [-0.05, 0) is 45.0 Å². The highest BCUT2D eigenvalue weighted by atomic mass is 16.2. The highest BCUT2D eigenvalue weighted by Crippen LogP contribution is 2.17. The number of benzene rings is 1. The maximum Gasteiger partial charge on any atom is 0.321 e. The van der Waals surface area contributed by atoms with E-state index >= 15 is 0 Å². The molecule has 0 heterocycles. The van der Waals surface area contributed by atoms with E-state index < -0.39 is 0 Å². The first-order valence-corrected chi connectivity index (χ1v) is 7.01. The van der Waals surface area contributed by atoms with Gasteiger partial charge >= 0.3 is 6.03 Å². The lowest BCUT2D eigenvalue weighted by molar-refractivity contribution is 0.217. The quantitative estimate of drug-likeness (QED) is 0.827. The van der Waals surface area contributed by atoms with E-state index in [-0.39, 0.29) is 12.1 Å². The molecule has 0 aromatic heterocycles. The molecule has 0 radical (unpaired) electrons. The Hall–Kier alpha value is -1.55. The molecule has 2 amide bonds. The normalized spacial score (nSPS) is 12.0. The summed E-state index contributed by atoms with van der Waals surface area (Å²) in [6, 6.07) is 8.23. The Balaban J connectivity index is 2.74. The molecule has 2 N–H and O–H groups in total. The first-order valence-electron chi connectivity index (χ1n) is 7.01. The minimum absolute atomic E-state index is 0.0433. The lowest BCUT2D eigenvalue weighted by Gasteiger charge is -2.20. The Morgan fingerprint density at radius 2 is 1.95 bits per heavy atom. The fourth-order valence-corrected chi connectivity index (χ4v) is 2.02. The molecule has 0 fully saturated rings. The van der Waals surface area contributed by atoms with Gasteiger partial charge in [0.15, 0.2) is 0 Å². The van der Waals surface area contributed by atoms with Crippen molar-refractivity contribution in [1.29, 1.82) is 0 Å². The molecule has 1 aromatic carbocycles. The third-order valence-corrected chi connectivity index (χ3v) is 3.20. The first-order chi connectivity index (χ1) is 9.12. The van der Waals surface area contributed by atoms with E-state index in [1.165, 1.54) is 5.56 Å². The van der Waals surface area contributed by atoms with Crippen LogP contribution >= 0.6 is 0 Å². The van der Waals surface area contributed by atoms with Crippen LogP contribution in [0.3, 0.4) is 0 Å². The number of hydrogen-bond acceptors (Lipinski definition) is 2. The Labute approximate surface area is 116 Å². The van der Waals surface area contributed by atoms with Crippen LogP contribution in [0.15, 0.2) is 24.3 Å². The molecule has 1 rings (SSSR count). The van der Waals surface area contributed by atoms with Crippen LogP contribution in [-0.4, -0.2) is 30.6 Å². The summed E-state index contributed by atoms with van der Waals surface area (Å²) in [6.07, 6.45) is 0. The number of carbonyl (C=O) groups excluding carboxylic acids is 1. The van der Waals surface area contributed by atoms with Crippen LogP contribution in [0.2, 0.25) is 0 Å². The Morgan fingerprint density at radius 3 is 2.53 bits per heavy atom. The molecule has 1 atom stereocenters. The van der Waals surface area contributed by atoms with E-state index in [2.05, 4.69) is 30.5 Å². The van der Waals surface area contributed by atoms with E-state index in [1.54, 1.807) is 4.90 Å². The molecule has 1 unspecified atom stereocenters. The molecule has 0 spiro atoms. The number of amides is 2. The molecule has 0 bridgehead atoms. The van der Waals surface area contributed by atoms with Gasteiger partial charge in [-0.15, -0.1) is 0 Å². The van der Waals surface area contributed by atoms with Gasteiger partial charge in [-0.1, -0.05) is 19.1 Å². The molecule has 1 aromatic rings. The van der Waals surface area contributed by atoms with Crippen molar-refractivity contribution in [2.24, 2.45) is 0 Å². The van der Waals surface area contributed by atoms with Crippen LogP contribution in [0, 0.1) is 0 Å². The first kappa shape index (κ1) is 15.5. The van der Waals surface area contributed by atoms with Crippen molar-refractivity contribution in [2.45, 2.75) is 33.7 Å². The fraction of sp³-hybridized carbons (Fsp3) is 0.533. The summed E-state index contributed by atoms with van der Waals surface area (Å²) in [5.41, 5.74) is 2.03. The Morgan fingerprint density at radius 1 is 1.26 bits per heavy atom. The third-order valence-electron chi connectivity index (χ3n) is 3.20. The summed E-state index contributed by atoms with van der Waals surface area (Å²) in [7, 11) is 0. The van der Waals surface area contributed by atoms with Crippen molar-refractivity contribution in [2.75, 3.05) is 25.0 Å². The van der Waals surface area contributed by atoms with E-state index in [4.69, 9.17) is 0 Å². The van der Waals surface area contributed by atoms with Gasteiger partial charge in [0, 0.05) is 24.8 Å². The second-order valence-electron chi connectivity index (χ2n) is 4.51. The van der Waals surface area contributed by atoms with Crippen molar-refractivity contribution in [3.63, 3.8) is 0 Å². The van der Waals surface area contributed by atoms with E-state index in [9.17, 15) is 4.79 Å². The molecule has 19 heavy (non-hydrogen) atoms. The summed E-state index contributed by atoms with van der Waals surface area (Å²) >= 11 is 0. The van der Waals surface area contributed by atoms with Crippen molar-refractivity contribution in [3.8, 4) is 0 Å². The van der Waals surface area contributed by atoms with Crippen LogP contribution < -0.4 is 10.6 Å². The summed E-state index contributed by atoms with van der Waals surface area (Å²) < 4.78 is 0. The van der Waals surface area contributed by atoms with Gasteiger partial charge in [-0.3, -0.25) is 0 Å². The number of anilines is 1. The summed E-state index contributed by atoms with van der Waals surface area (Å²) in [6.45, 7) is 10.5. The smallest absolute Gasteiger partial charge is 0.321 e. The predicted molar refractivity (Wildman–Crippen MR) is 80.5 cm³/mol. The highest BCUT2D eigenvalue weighted by molar-refractivity contribution is 5.89. The number of nitrogens with zero attached hydrogens (tertiary/aromatic N) is 1. The van der Waals surface area contributed by atoms with Gasteiger partial charge in [0.25, 0.3) is 0 Å². The SMILES string of the molecule is CCNC(C)c1cccc(NC(=O)N(CC)CC)c1. The Kier molecular flexibility index (Phi) is 6.36. The molecule has 4 heteroatoms. The zero-order valence-electron chi connectivity index (χ0n) is 12.4. The Bertz CT molecular complexity index is 402. The minimum atomic E-state index is -0.0433. The van der Waals surface area contributed by atoms with Crippen LogP contribution in [0.1, 0.15) is 39.3 Å². The predicted octanol–water partition coefficient (Wildman–Crippen LogP) is 3.23. The molecule has 0 aliphatic carbocycles. The van der Waals surface area contributed by atoms with E-state index in [0.717, 1.165) is 25.3 Å². The molecular weight excluding hydrogens is 238 g/mol. The molecule has 106 valence electrons. The second-order valence-corrected chi connectivity index (χ2v) is 4.51. The number of urea groups is 1. The zero-order valence-corrected chi connectivity index (χ0v) is 12.4. The van der Waals surface area contributed by atoms with Crippen molar-refractivity contribution in [1.82, 2.24) is 10.2 Å². The van der Waals surface area contributed by atoms with Crippen LogP contribution in [-0.2, 0) is 0 Å². The van der Waals surface area contributed by atoms with Gasteiger partial charge in [0.2, 0.25) is 0 Å². The van der Waals surface area contributed by atoms with Crippen LogP contribution in [0.4, 0.5) is 10.5 Å². The average Bonchev–Trinajstić information content (AvgIpc) is 2.40. The molecule has 0 aliphatic heterocycles. The van der Waals surface area contributed by atoms with Gasteiger partial charge in [-0.25, -0.2) is 4.79 Å². The molecule has 0 saturated heterocycles. The van der Waals surface area contributed by atoms with Crippen LogP contribution in [0.5, 0.6) is 0 Å². The summed E-state index contributed by atoms with van der Waals surface area (Å²) in [5, 5.41) is 6.30. The monoisotopic (exact) mass is 263 g/mol. The summed E-state index contributed by atoms with van der Waals surface area (Å²) in [5.74, 6) is 0. The fourth-order valence-electron chi connectivity index (χ4n) is 2.02. The van der Waals surface area contributed by atoms with Crippen molar-refractivity contribution in [3.05, 3.63) is 29.8 Å². The van der Waals surface area contributed by atoms with Crippen molar-refractivity contribution >= 4 is 11.7 Å². The topological polar surface area (TPSA) is 44.4 Å². The average molecular weight is 263 g/mol. The molecule has 0 aliphatic rings. The van der Waals surface area contributed by atoms with E-state index in [0.29, 0.717) is 0 Å². The van der Waals surface area contributed by atoms with Gasteiger partial charge < -0.3 is 15.5 Å². The zero-order chi connectivity index (χ0) is 14.3.